The van der Waals surface area contributed by atoms with Gasteiger partial charge in [0.05, 0.1) is 0 Å². The van der Waals surface area contributed by atoms with Gasteiger partial charge in [-0.1, -0.05) is 51.2 Å². The van der Waals surface area contributed by atoms with Gasteiger partial charge in [-0.2, -0.15) is 0 Å². The van der Waals surface area contributed by atoms with E-state index < -0.39 is 0 Å². The van der Waals surface area contributed by atoms with Crippen molar-refractivity contribution < 1.29 is 0 Å². The minimum absolute atomic E-state index is 1.02. The van der Waals surface area contributed by atoms with E-state index in [-0.39, 0.29) is 0 Å². The van der Waals surface area contributed by atoms with Crippen LogP contribution in [0.5, 0.6) is 0 Å². The predicted molar refractivity (Wildman–Crippen MR) is 87.7 cm³/mol. The lowest BCUT2D eigenvalue weighted by molar-refractivity contribution is 0.274. The monoisotopic (exact) mass is 274 g/mol. The van der Waals surface area contributed by atoms with Crippen molar-refractivity contribution in [2.24, 2.45) is 29.6 Å². The molecule has 0 amide bonds. The molecule has 0 aliphatic heterocycles. The van der Waals surface area contributed by atoms with Crippen LogP contribution in [0.4, 0.5) is 0 Å². The Kier molecular flexibility index (Phi) is 4.89. The van der Waals surface area contributed by atoms with Crippen LogP contribution < -0.4 is 0 Å². The summed E-state index contributed by atoms with van der Waals surface area (Å²) in [6, 6.07) is 0. The summed E-state index contributed by atoms with van der Waals surface area (Å²) >= 11 is 0. The van der Waals surface area contributed by atoms with Crippen molar-refractivity contribution in [2.45, 2.75) is 84.0 Å². The highest BCUT2D eigenvalue weighted by Crippen LogP contribution is 2.47. The van der Waals surface area contributed by atoms with Gasteiger partial charge < -0.3 is 0 Å². The number of hydrogen-bond acceptors (Lipinski definition) is 0. The predicted octanol–water partition coefficient (Wildman–Crippen LogP) is 6.37. The van der Waals surface area contributed by atoms with Crippen LogP contribution >= 0.6 is 0 Å². The van der Waals surface area contributed by atoms with Gasteiger partial charge in [-0.15, -0.1) is 0 Å². The number of hydrogen-bond donors (Lipinski definition) is 0. The van der Waals surface area contributed by atoms with E-state index in [9.17, 15) is 0 Å². The van der Waals surface area contributed by atoms with E-state index in [1.807, 2.05) is 0 Å². The number of allylic oxidation sites excluding steroid dienone is 1. The molecule has 3 rings (SSSR count). The molecular formula is C20H34. The highest BCUT2D eigenvalue weighted by molar-refractivity contribution is 4.98. The third kappa shape index (κ3) is 4.37. The highest BCUT2D eigenvalue weighted by atomic mass is 14.4. The Morgan fingerprint density at radius 3 is 2.40 bits per heavy atom. The maximum Gasteiger partial charge on any atom is -0.0294 e. The summed E-state index contributed by atoms with van der Waals surface area (Å²) < 4.78 is 0. The summed E-state index contributed by atoms with van der Waals surface area (Å²) in [5.74, 6) is 5.33. The van der Waals surface area contributed by atoms with Gasteiger partial charge in [0.1, 0.15) is 0 Å². The molecule has 0 heteroatoms. The normalized spacial score (nSPS) is 33.5. The Bertz CT molecular complexity index is 321. The molecule has 114 valence electrons. The zero-order valence-corrected chi connectivity index (χ0v) is 13.6. The fraction of sp³-hybridized carbons (Fsp3) is 0.900. The van der Waals surface area contributed by atoms with Gasteiger partial charge in [-0.3, -0.25) is 0 Å². The second-order valence-electron chi connectivity index (χ2n) is 8.30. The molecule has 0 nitrogen and oxygen atoms in total. The fourth-order valence-corrected chi connectivity index (χ4v) is 4.51. The average Bonchev–Trinajstić information content (AvgIpc) is 3.31. The smallest absolute Gasteiger partial charge is 0.0294 e. The number of rotatable bonds is 9. The van der Waals surface area contributed by atoms with E-state index in [2.05, 4.69) is 13.5 Å². The van der Waals surface area contributed by atoms with Crippen LogP contribution in [0.15, 0.2) is 12.2 Å². The van der Waals surface area contributed by atoms with Crippen LogP contribution in [0.1, 0.15) is 84.0 Å². The first-order chi connectivity index (χ1) is 9.72. The molecule has 20 heavy (non-hydrogen) atoms. The molecule has 0 aromatic rings. The summed E-state index contributed by atoms with van der Waals surface area (Å²) in [6.45, 7) is 6.80. The lowest BCUT2D eigenvalue weighted by Gasteiger charge is -2.23. The quantitative estimate of drug-likeness (QED) is 0.339. The van der Waals surface area contributed by atoms with Crippen molar-refractivity contribution in [3.8, 4) is 0 Å². The molecule has 0 aromatic heterocycles. The first-order valence-electron chi connectivity index (χ1n) is 9.39. The van der Waals surface area contributed by atoms with Gasteiger partial charge in [0.15, 0.2) is 0 Å². The average molecular weight is 274 g/mol. The summed E-state index contributed by atoms with van der Waals surface area (Å²) in [6.07, 6.45) is 17.7. The second-order valence-corrected chi connectivity index (χ2v) is 8.30. The molecule has 0 heterocycles. The van der Waals surface area contributed by atoms with E-state index in [0.29, 0.717) is 0 Å². The summed E-state index contributed by atoms with van der Waals surface area (Å²) in [7, 11) is 0. The largest absolute Gasteiger partial charge is 0.0999 e. The van der Waals surface area contributed by atoms with Crippen LogP contribution in [-0.2, 0) is 0 Å². The van der Waals surface area contributed by atoms with Gasteiger partial charge in [0.2, 0.25) is 0 Å². The Labute approximate surface area is 126 Å². The summed E-state index contributed by atoms with van der Waals surface area (Å²) in [5, 5.41) is 0. The van der Waals surface area contributed by atoms with Gasteiger partial charge >= 0.3 is 0 Å². The van der Waals surface area contributed by atoms with E-state index >= 15 is 0 Å². The standard InChI is InChI=1S/C20H34/c1-15(13-17-8-9-17)5-3-4-6-19-12-7-16(2)20(19)14-18-10-11-18/h16-20H,1,3-14H2,2H3. The van der Waals surface area contributed by atoms with Gasteiger partial charge in [-0.05, 0) is 74.5 Å². The molecule has 0 bridgehead atoms. The first-order valence-corrected chi connectivity index (χ1v) is 9.39. The maximum absolute atomic E-state index is 4.28. The van der Waals surface area contributed by atoms with Crippen molar-refractivity contribution in [2.75, 3.05) is 0 Å². The Hall–Kier alpha value is -0.260. The van der Waals surface area contributed by atoms with E-state index in [1.165, 1.54) is 70.6 Å². The van der Waals surface area contributed by atoms with E-state index in [0.717, 1.165) is 29.6 Å². The van der Waals surface area contributed by atoms with Crippen LogP contribution in [0, 0.1) is 29.6 Å². The Morgan fingerprint density at radius 1 is 0.950 bits per heavy atom. The molecule has 0 radical (unpaired) electrons. The van der Waals surface area contributed by atoms with Crippen LogP contribution in [-0.4, -0.2) is 0 Å². The summed E-state index contributed by atoms with van der Waals surface area (Å²) in [4.78, 5) is 0. The SMILES string of the molecule is C=C(CCCCC1CCC(C)C1CC1CC1)CC1CC1. The van der Waals surface area contributed by atoms with Gasteiger partial charge in [0, 0.05) is 0 Å². The molecule has 3 atom stereocenters. The first kappa shape index (κ1) is 14.7. The molecule has 3 aliphatic rings. The topological polar surface area (TPSA) is 0 Å². The lowest BCUT2D eigenvalue weighted by Crippen LogP contribution is -2.14. The lowest BCUT2D eigenvalue weighted by atomic mass is 9.83. The third-order valence-corrected chi connectivity index (χ3v) is 6.26. The molecule has 3 fully saturated rings. The fourth-order valence-electron chi connectivity index (χ4n) is 4.51. The van der Waals surface area contributed by atoms with Gasteiger partial charge in [0.25, 0.3) is 0 Å². The van der Waals surface area contributed by atoms with Crippen molar-refractivity contribution >= 4 is 0 Å². The molecule has 0 aromatic carbocycles. The minimum Gasteiger partial charge on any atom is -0.0999 e. The van der Waals surface area contributed by atoms with Gasteiger partial charge in [-0.25, -0.2) is 0 Å². The molecule has 3 aliphatic carbocycles. The molecule has 0 spiro atoms. The molecule has 0 N–H and O–H groups in total. The van der Waals surface area contributed by atoms with E-state index in [1.54, 1.807) is 12.0 Å². The van der Waals surface area contributed by atoms with Crippen molar-refractivity contribution in [1.82, 2.24) is 0 Å². The Balaban J connectivity index is 1.31. The van der Waals surface area contributed by atoms with Crippen molar-refractivity contribution in [3.05, 3.63) is 12.2 Å². The van der Waals surface area contributed by atoms with Crippen LogP contribution in [0.2, 0.25) is 0 Å². The zero-order chi connectivity index (χ0) is 13.9. The second kappa shape index (κ2) is 6.67. The van der Waals surface area contributed by atoms with Crippen molar-refractivity contribution in [3.63, 3.8) is 0 Å². The van der Waals surface area contributed by atoms with E-state index in [4.69, 9.17) is 0 Å². The third-order valence-electron chi connectivity index (χ3n) is 6.26. The maximum atomic E-state index is 4.28. The molecule has 3 unspecified atom stereocenters. The molecular weight excluding hydrogens is 240 g/mol. The van der Waals surface area contributed by atoms with Crippen molar-refractivity contribution in [1.29, 1.82) is 0 Å². The summed E-state index contributed by atoms with van der Waals surface area (Å²) in [5.41, 5.74) is 1.54. The minimum atomic E-state index is 1.02. The highest BCUT2D eigenvalue weighted by Gasteiger charge is 2.36. The number of unbranched alkanes of at least 4 members (excludes halogenated alkanes) is 1. The zero-order valence-electron chi connectivity index (χ0n) is 13.6. The molecule has 0 saturated heterocycles. The van der Waals surface area contributed by atoms with Crippen LogP contribution in [0.3, 0.4) is 0 Å². The Morgan fingerprint density at radius 2 is 1.70 bits per heavy atom. The molecule has 3 saturated carbocycles. The van der Waals surface area contributed by atoms with Crippen LogP contribution in [0.25, 0.3) is 0 Å².